The van der Waals surface area contributed by atoms with Gasteiger partial charge >= 0.3 is 0 Å². The van der Waals surface area contributed by atoms with Crippen molar-refractivity contribution in [2.75, 3.05) is 6.50 Å². The summed E-state index contributed by atoms with van der Waals surface area (Å²) in [6.45, 7) is -2.84. The van der Waals surface area contributed by atoms with Gasteiger partial charge in [-0.2, -0.15) is 0 Å². The molecule has 0 aromatic carbocycles. The predicted molar refractivity (Wildman–Crippen MR) is 46.4 cm³/mol. The second-order valence-electron chi connectivity index (χ2n) is 1.85. The summed E-state index contributed by atoms with van der Waals surface area (Å²) in [7, 11) is 0. The van der Waals surface area contributed by atoms with Gasteiger partial charge in [-0.1, -0.05) is 0 Å². The highest BCUT2D eigenvalue weighted by molar-refractivity contribution is 9.10. The number of hydrogen-bond acceptors (Lipinski definition) is 2. The summed E-state index contributed by atoms with van der Waals surface area (Å²) in [4.78, 5) is 0. The quantitative estimate of drug-likeness (QED) is 0.794. The molecule has 1 unspecified atom stereocenters. The van der Waals surface area contributed by atoms with Crippen LogP contribution in [0, 0.1) is 0 Å². The maximum absolute atomic E-state index is 8.10. The van der Waals surface area contributed by atoms with E-state index in [9.17, 15) is 0 Å². The van der Waals surface area contributed by atoms with Crippen LogP contribution in [0.3, 0.4) is 0 Å². The summed E-state index contributed by atoms with van der Waals surface area (Å²) in [5, 5.41) is 1.92. The third-order valence-electron chi connectivity index (χ3n) is 1.13. The lowest BCUT2D eigenvalue weighted by atomic mass is 10.2. The topological polar surface area (TPSA) is 25.2 Å². The lowest BCUT2D eigenvalue weighted by molar-refractivity contribution is 0.445. The molecule has 0 saturated carbocycles. The van der Waals surface area contributed by atoms with Crippen molar-refractivity contribution in [3.63, 3.8) is 0 Å². The Morgan fingerprint density at radius 1 is 2.00 bits per heavy atom. The normalized spacial score (nSPS) is 56.6. The van der Waals surface area contributed by atoms with Crippen molar-refractivity contribution in [3.8, 4) is 0 Å². The van der Waals surface area contributed by atoms with Crippen molar-refractivity contribution in [2.24, 2.45) is 0 Å². The van der Waals surface area contributed by atoms with Crippen LogP contribution in [-0.4, -0.2) is 6.50 Å². The summed E-state index contributed by atoms with van der Waals surface area (Å²) in [5.74, 6) is -0.648. The Balaban J connectivity index is 2.70. The standard InChI is InChI=1S/C8H10BrNO/c9-6-4-8(11-5-6)7-2-1-3-10-7/h4-5,7,10H,1-3H2/i1D2,2D2,3D2,4D,5D,7D. The van der Waals surface area contributed by atoms with Gasteiger partial charge in [0.1, 0.15) is 13.4 Å². The molecule has 0 radical (unpaired) electrons. The summed E-state index contributed by atoms with van der Waals surface area (Å²) in [6, 6.07) is -3.16. The Kier molecular flexibility index (Phi) is 0.641. The van der Waals surface area contributed by atoms with E-state index in [1.54, 1.807) is 0 Å². The zero-order chi connectivity index (χ0) is 15.7. The molecular weight excluding hydrogens is 206 g/mol. The van der Waals surface area contributed by atoms with Gasteiger partial charge in [0.15, 0.2) is 0 Å². The van der Waals surface area contributed by atoms with Crippen LogP contribution in [0.2, 0.25) is 0 Å². The minimum absolute atomic E-state index is 0.107. The molecule has 2 rings (SSSR count). The van der Waals surface area contributed by atoms with Crippen LogP contribution >= 0.6 is 15.9 Å². The third-order valence-corrected chi connectivity index (χ3v) is 1.49. The summed E-state index contributed by atoms with van der Waals surface area (Å²) >= 11 is 2.88. The predicted octanol–water partition coefficient (Wildman–Crippen LogP) is 2.47. The lowest BCUT2D eigenvalue weighted by Crippen LogP contribution is -2.11. The molecule has 1 aliphatic heterocycles. The van der Waals surface area contributed by atoms with Gasteiger partial charge in [0.25, 0.3) is 0 Å². The van der Waals surface area contributed by atoms with Gasteiger partial charge in [0.2, 0.25) is 0 Å². The van der Waals surface area contributed by atoms with Crippen LogP contribution in [0.25, 0.3) is 0 Å². The molecule has 1 atom stereocenters. The van der Waals surface area contributed by atoms with Crippen LogP contribution in [0.4, 0.5) is 0 Å². The van der Waals surface area contributed by atoms with Crippen LogP contribution in [0.1, 0.15) is 36.9 Å². The minimum Gasteiger partial charge on any atom is -0.466 e. The van der Waals surface area contributed by atoms with Crippen LogP contribution in [0.5, 0.6) is 0 Å². The highest BCUT2D eigenvalue weighted by Gasteiger charge is 2.18. The first-order chi connectivity index (χ1) is 8.79. The number of halogens is 1. The van der Waals surface area contributed by atoms with Crippen LogP contribution < -0.4 is 5.32 Å². The minimum atomic E-state index is -3.03. The molecule has 0 spiro atoms. The van der Waals surface area contributed by atoms with Crippen molar-refractivity contribution in [1.29, 1.82) is 0 Å². The molecule has 0 bridgehead atoms. The highest BCUT2D eigenvalue weighted by atomic mass is 79.9. The van der Waals surface area contributed by atoms with E-state index in [0.29, 0.717) is 0 Å². The molecule has 1 fully saturated rings. The maximum atomic E-state index is 8.10. The first kappa shape index (κ1) is 2.36. The fraction of sp³-hybridized carbons (Fsp3) is 0.500. The third kappa shape index (κ3) is 1.49. The van der Waals surface area contributed by atoms with Crippen LogP contribution in [-0.2, 0) is 0 Å². The van der Waals surface area contributed by atoms with E-state index in [-0.39, 0.29) is 4.47 Å². The van der Waals surface area contributed by atoms with E-state index in [1.165, 1.54) is 0 Å². The number of hydrogen-bond donors (Lipinski definition) is 1. The summed E-state index contributed by atoms with van der Waals surface area (Å²) in [5.41, 5.74) is 0. The Morgan fingerprint density at radius 2 is 2.91 bits per heavy atom. The SMILES string of the molecule is [2H]c1oc(C2([2H])NC([2H])([2H])C([2H])([2H])C2([2H])[2H])c([2H])c1Br. The Labute approximate surface area is 86.7 Å². The number of furan rings is 1. The number of rotatable bonds is 1. The molecule has 3 heteroatoms. The average molecular weight is 225 g/mol. The fourth-order valence-electron chi connectivity index (χ4n) is 0.692. The van der Waals surface area contributed by atoms with Gasteiger partial charge in [-0.05, 0) is 41.2 Å². The van der Waals surface area contributed by atoms with E-state index >= 15 is 0 Å². The van der Waals surface area contributed by atoms with Crippen molar-refractivity contribution in [3.05, 3.63) is 22.5 Å². The van der Waals surface area contributed by atoms with E-state index in [2.05, 4.69) is 15.9 Å². The molecule has 0 amide bonds. The zero-order valence-electron chi connectivity index (χ0n) is 14.3. The van der Waals surface area contributed by atoms with Crippen LogP contribution in [0.15, 0.2) is 21.2 Å². The van der Waals surface area contributed by atoms with E-state index < -0.39 is 43.3 Å². The first-order valence-electron chi connectivity index (χ1n) is 7.35. The van der Waals surface area contributed by atoms with Crippen molar-refractivity contribution >= 4 is 15.9 Å². The van der Waals surface area contributed by atoms with Gasteiger partial charge in [0, 0.05) is 8.22 Å². The molecule has 2 heterocycles. The zero-order valence-corrected chi connectivity index (χ0v) is 6.87. The monoisotopic (exact) mass is 224 g/mol. The fourth-order valence-corrected chi connectivity index (χ4v) is 0.953. The molecule has 1 aromatic heterocycles. The molecule has 11 heavy (non-hydrogen) atoms. The maximum Gasteiger partial charge on any atom is 0.121 e. The number of nitrogens with one attached hydrogen (secondary N) is 1. The van der Waals surface area contributed by atoms with Gasteiger partial charge in [-0.3, -0.25) is 0 Å². The van der Waals surface area contributed by atoms with E-state index in [0.717, 1.165) is 0 Å². The molecule has 0 aliphatic carbocycles. The molecular formula is C8H10BrNO. The summed E-state index contributed by atoms with van der Waals surface area (Å²) in [6.07, 6.45) is -6.57. The molecule has 1 saturated heterocycles. The lowest BCUT2D eigenvalue weighted by Gasteiger charge is -2.03. The molecule has 1 aromatic rings. The first-order valence-corrected chi connectivity index (χ1v) is 3.64. The summed E-state index contributed by atoms with van der Waals surface area (Å²) < 4.78 is 73.8. The largest absolute Gasteiger partial charge is 0.466 e. The Hall–Kier alpha value is -0.280. The van der Waals surface area contributed by atoms with Crippen molar-refractivity contribution < 1.29 is 16.8 Å². The smallest absolute Gasteiger partial charge is 0.121 e. The average Bonchev–Trinajstić information content (AvgIpc) is 2.59. The second-order valence-corrected chi connectivity index (χ2v) is 2.64. The van der Waals surface area contributed by atoms with Gasteiger partial charge < -0.3 is 9.73 Å². The van der Waals surface area contributed by atoms with Crippen molar-refractivity contribution in [2.45, 2.75) is 18.8 Å². The van der Waals surface area contributed by atoms with Gasteiger partial charge in [0.05, 0.1) is 13.2 Å². The van der Waals surface area contributed by atoms with E-state index in [4.69, 9.17) is 16.8 Å². The molecule has 60 valence electrons. The second kappa shape index (κ2) is 2.99. The van der Waals surface area contributed by atoms with E-state index in [1.807, 2.05) is 5.32 Å². The molecule has 1 N–H and O–H groups in total. The Bertz CT molecular complexity index is 571. The van der Waals surface area contributed by atoms with Gasteiger partial charge in [-0.25, -0.2) is 0 Å². The Morgan fingerprint density at radius 3 is 3.45 bits per heavy atom. The highest BCUT2D eigenvalue weighted by Crippen LogP contribution is 2.26. The molecule has 1 aliphatic rings. The molecule has 2 nitrogen and oxygen atoms in total. The van der Waals surface area contributed by atoms with Crippen molar-refractivity contribution in [1.82, 2.24) is 5.32 Å². The van der Waals surface area contributed by atoms with Gasteiger partial charge in [-0.15, -0.1) is 0 Å².